The standard InChI is InChI=1S/C24H29N3O4/c1-4-26(5-2)15-16-27-21(17-7-9-19(10-8-17)31-6-3)20(23(29)24(27)30)22(28)18-11-13-25-14-12-18/h7-14,21,28H,4-6,15-16H2,1-3H3/b22-20+. The number of nitrogens with zero attached hydrogens (tertiary/aromatic N) is 3. The number of aliphatic hydroxyl groups is 1. The van der Waals surface area contributed by atoms with E-state index in [4.69, 9.17) is 4.74 Å². The van der Waals surface area contributed by atoms with Crippen LogP contribution in [-0.2, 0) is 9.59 Å². The Morgan fingerprint density at radius 1 is 1.06 bits per heavy atom. The molecule has 0 saturated carbocycles. The number of aliphatic hydroxyl groups excluding tert-OH is 1. The van der Waals surface area contributed by atoms with Gasteiger partial charge in [-0.15, -0.1) is 0 Å². The monoisotopic (exact) mass is 423 g/mol. The summed E-state index contributed by atoms with van der Waals surface area (Å²) in [4.78, 5) is 33.7. The van der Waals surface area contributed by atoms with Gasteiger partial charge in [0.05, 0.1) is 18.2 Å². The summed E-state index contributed by atoms with van der Waals surface area (Å²) in [5.74, 6) is -0.750. The average molecular weight is 424 g/mol. The van der Waals surface area contributed by atoms with Crippen LogP contribution in [0.4, 0.5) is 0 Å². The molecule has 1 fully saturated rings. The fourth-order valence-electron chi connectivity index (χ4n) is 3.82. The summed E-state index contributed by atoms with van der Waals surface area (Å²) < 4.78 is 5.52. The summed E-state index contributed by atoms with van der Waals surface area (Å²) in [6, 6.07) is 9.88. The van der Waals surface area contributed by atoms with Gasteiger partial charge in [-0.2, -0.15) is 0 Å². The van der Waals surface area contributed by atoms with Crippen LogP contribution in [0.2, 0.25) is 0 Å². The van der Waals surface area contributed by atoms with Gasteiger partial charge in [-0.05, 0) is 49.8 Å². The van der Waals surface area contributed by atoms with Gasteiger partial charge in [0.2, 0.25) is 0 Å². The Labute approximate surface area is 183 Å². The molecule has 7 nitrogen and oxygen atoms in total. The summed E-state index contributed by atoms with van der Waals surface area (Å²) in [6.07, 6.45) is 3.08. The predicted molar refractivity (Wildman–Crippen MR) is 119 cm³/mol. The molecule has 1 atom stereocenters. The second-order valence-electron chi connectivity index (χ2n) is 7.26. The van der Waals surface area contributed by atoms with Gasteiger partial charge in [0.1, 0.15) is 11.5 Å². The maximum atomic E-state index is 13.0. The SMILES string of the molecule is CCOc1ccc(C2/C(=C(\O)c3ccncc3)C(=O)C(=O)N2CCN(CC)CC)cc1. The third-order valence-corrected chi connectivity index (χ3v) is 5.55. The van der Waals surface area contributed by atoms with Crippen LogP contribution < -0.4 is 4.74 Å². The Morgan fingerprint density at radius 3 is 2.29 bits per heavy atom. The highest BCUT2D eigenvalue weighted by molar-refractivity contribution is 6.46. The topological polar surface area (TPSA) is 83.0 Å². The fraction of sp³-hybridized carbons (Fsp3) is 0.375. The average Bonchev–Trinajstić information content (AvgIpc) is 3.05. The van der Waals surface area contributed by atoms with Crippen molar-refractivity contribution in [3.8, 4) is 5.75 Å². The molecule has 31 heavy (non-hydrogen) atoms. The number of Topliss-reactive ketones (excluding diaryl/α,β-unsaturated/α-hetero) is 1. The van der Waals surface area contributed by atoms with Crippen LogP contribution in [-0.4, -0.2) is 64.4 Å². The van der Waals surface area contributed by atoms with E-state index in [1.165, 1.54) is 12.4 Å². The van der Waals surface area contributed by atoms with Gasteiger partial charge in [-0.1, -0.05) is 26.0 Å². The van der Waals surface area contributed by atoms with Crippen molar-refractivity contribution in [2.75, 3.05) is 32.8 Å². The normalized spacial score (nSPS) is 18.1. The predicted octanol–water partition coefficient (Wildman–Crippen LogP) is 3.24. The van der Waals surface area contributed by atoms with Crippen molar-refractivity contribution in [3.05, 3.63) is 65.5 Å². The van der Waals surface area contributed by atoms with Crippen molar-refractivity contribution < 1.29 is 19.4 Å². The van der Waals surface area contributed by atoms with Gasteiger partial charge in [0.25, 0.3) is 11.7 Å². The number of likely N-dealkylation sites (N-methyl/N-ethyl adjacent to an activating group) is 1. The van der Waals surface area contributed by atoms with Gasteiger partial charge < -0.3 is 19.6 Å². The first-order valence-corrected chi connectivity index (χ1v) is 10.7. The second kappa shape index (κ2) is 10.2. The van der Waals surface area contributed by atoms with E-state index in [0.717, 1.165) is 18.7 Å². The highest BCUT2D eigenvalue weighted by atomic mass is 16.5. The highest BCUT2D eigenvalue weighted by Gasteiger charge is 2.45. The van der Waals surface area contributed by atoms with Gasteiger partial charge in [0.15, 0.2) is 0 Å². The van der Waals surface area contributed by atoms with E-state index in [1.54, 1.807) is 17.0 Å². The van der Waals surface area contributed by atoms with E-state index in [1.807, 2.05) is 31.2 Å². The number of carbonyl (C=O) groups excluding carboxylic acids is 2. The van der Waals surface area contributed by atoms with Gasteiger partial charge >= 0.3 is 0 Å². The van der Waals surface area contributed by atoms with Gasteiger partial charge in [-0.25, -0.2) is 0 Å². The minimum absolute atomic E-state index is 0.0971. The number of ketones is 1. The molecule has 2 aromatic rings. The van der Waals surface area contributed by atoms with Crippen LogP contribution >= 0.6 is 0 Å². The minimum atomic E-state index is -0.673. The first-order chi connectivity index (χ1) is 15.0. The quantitative estimate of drug-likeness (QED) is 0.379. The minimum Gasteiger partial charge on any atom is -0.507 e. The molecule has 3 rings (SSSR count). The van der Waals surface area contributed by atoms with E-state index in [2.05, 4.69) is 23.7 Å². The van der Waals surface area contributed by atoms with Crippen molar-refractivity contribution in [1.82, 2.24) is 14.8 Å². The summed E-state index contributed by atoms with van der Waals surface area (Å²) >= 11 is 0. The zero-order valence-corrected chi connectivity index (χ0v) is 18.2. The largest absolute Gasteiger partial charge is 0.507 e. The molecule has 0 aliphatic carbocycles. The molecular formula is C24H29N3O4. The molecule has 1 aromatic carbocycles. The van der Waals surface area contributed by atoms with E-state index in [0.29, 0.717) is 31.0 Å². The molecule has 1 aliphatic heterocycles. The van der Waals surface area contributed by atoms with Crippen LogP contribution in [0.3, 0.4) is 0 Å². The molecule has 1 saturated heterocycles. The number of pyridine rings is 1. The van der Waals surface area contributed by atoms with E-state index < -0.39 is 17.7 Å². The van der Waals surface area contributed by atoms with Crippen molar-refractivity contribution >= 4 is 17.4 Å². The molecule has 1 unspecified atom stereocenters. The third-order valence-electron chi connectivity index (χ3n) is 5.55. The summed E-state index contributed by atoms with van der Waals surface area (Å²) in [5.41, 5.74) is 1.30. The van der Waals surface area contributed by atoms with Crippen LogP contribution in [0, 0.1) is 0 Å². The molecular weight excluding hydrogens is 394 g/mol. The number of ether oxygens (including phenoxy) is 1. The molecule has 1 N–H and O–H groups in total. The molecule has 2 heterocycles. The number of amides is 1. The van der Waals surface area contributed by atoms with E-state index in [-0.39, 0.29) is 11.3 Å². The molecule has 0 bridgehead atoms. The fourth-order valence-corrected chi connectivity index (χ4v) is 3.82. The number of hydrogen-bond donors (Lipinski definition) is 1. The Hall–Kier alpha value is -3.19. The van der Waals surface area contributed by atoms with E-state index >= 15 is 0 Å². The lowest BCUT2D eigenvalue weighted by atomic mass is 9.95. The lowest BCUT2D eigenvalue weighted by Crippen LogP contribution is -2.38. The third kappa shape index (κ3) is 4.77. The summed E-state index contributed by atoms with van der Waals surface area (Å²) in [6.45, 7) is 9.31. The molecule has 1 amide bonds. The summed E-state index contributed by atoms with van der Waals surface area (Å²) in [5, 5.41) is 11.0. The smallest absolute Gasteiger partial charge is 0.295 e. The molecule has 0 spiro atoms. The number of carbonyl (C=O) groups is 2. The Morgan fingerprint density at radius 2 is 1.71 bits per heavy atom. The van der Waals surface area contributed by atoms with Crippen LogP contribution in [0.25, 0.3) is 5.76 Å². The molecule has 164 valence electrons. The highest BCUT2D eigenvalue weighted by Crippen LogP contribution is 2.39. The molecule has 1 aromatic heterocycles. The molecule has 1 aliphatic rings. The zero-order chi connectivity index (χ0) is 22.4. The first kappa shape index (κ1) is 22.5. The van der Waals surface area contributed by atoms with Crippen LogP contribution in [0.1, 0.15) is 37.9 Å². The number of hydrogen-bond acceptors (Lipinski definition) is 6. The second-order valence-corrected chi connectivity index (χ2v) is 7.26. The van der Waals surface area contributed by atoms with E-state index in [9.17, 15) is 14.7 Å². The van der Waals surface area contributed by atoms with Crippen molar-refractivity contribution in [2.45, 2.75) is 26.8 Å². The Kier molecular flexibility index (Phi) is 7.41. The van der Waals surface area contributed by atoms with Crippen molar-refractivity contribution in [1.29, 1.82) is 0 Å². The molecule has 0 radical (unpaired) electrons. The zero-order valence-electron chi connectivity index (χ0n) is 18.2. The van der Waals surface area contributed by atoms with Gasteiger partial charge in [0, 0.05) is 31.0 Å². The number of likely N-dealkylation sites (tertiary alicyclic amines) is 1. The number of benzene rings is 1. The number of aromatic nitrogens is 1. The van der Waals surface area contributed by atoms with Crippen molar-refractivity contribution in [3.63, 3.8) is 0 Å². The van der Waals surface area contributed by atoms with Crippen molar-refractivity contribution in [2.24, 2.45) is 0 Å². The summed E-state index contributed by atoms with van der Waals surface area (Å²) in [7, 11) is 0. The molecule has 7 heteroatoms. The lowest BCUT2D eigenvalue weighted by molar-refractivity contribution is -0.140. The van der Waals surface area contributed by atoms with Gasteiger partial charge in [-0.3, -0.25) is 14.6 Å². The Balaban J connectivity index is 2.05. The maximum Gasteiger partial charge on any atom is 0.295 e. The van der Waals surface area contributed by atoms with Crippen LogP contribution in [0.15, 0.2) is 54.4 Å². The first-order valence-electron chi connectivity index (χ1n) is 10.7. The van der Waals surface area contributed by atoms with Crippen LogP contribution in [0.5, 0.6) is 5.75 Å². The number of rotatable bonds is 9. The maximum absolute atomic E-state index is 13.0. The lowest BCUT2D eigenvalue weighted by Gasteiger charge is -2.28. The Bertz CT molecular complexity index is 937.